The van der Waals surface area contributed by atoms with Crippen LogP contribution in [0.3, 0.4) is 0 Å². The molecule has 18 heavy (non-hydrogen) atoms. The lowest BCUT2D eigenvalue weighted by Gasteiger charge is -2.33. The summed E-state index contributed by atoms with van der Waals surface area (Å²) in [6.45, 7) is 10.5. The fourth-order valence-electron chi connectivity index (χ4n) is 2.45. The van der Waals surface area contributed by atoms with Crippen LogP contribution in [-0.4, -0.2) is 10.5 Å². The van der Waals surface area contributed by atoms with Crippen LogP contribution in [0.2, 0.25) is 0 Å². The van der Waals surface area contributed by atoms with Gasteiger partial charge in [0.15, 0.2) is 0 Å². The number of hydrogen-bond donors (Lipinski definition) is 2. The molecule has 0 saturated carbocycles. The molecule has 0 aliphatic heterocycles. The van der Waals surface area contributed by atoms with Gasteiger partial charge in [0.05, 0.1) is 4.99 Å². The van der Waals surface area contributed by atoms with Gasteiger partial charge in [-0.15, -0.1) is 0 Å². The topological polar surface area (TPSA) is 38.0 Å². The van der Waals surface area contributed by atoms with E-state index in [1.807, 2.05) is 6.92 Å². The molecule has 0 aliphatic carbocycles. The van der Waals surface area contributed by atoms with Crippen molar-refractivity contribution in [1.29, 1.82) is 0 Å². The molecule has 0 atom stereocenters. The van der Waals surface area contributed by atoms with Crippen LogP contribution in [0.1, 0.15) is 46.6 Å². The van der Waals surface area contributed by atoms with Crippen molar-refractivity contribution in [3.05, 3.63) is 29.8 Å². The third kappa shape index (κ3) is 4.75. The summed E-state index contributed by atoms with van der Waals surface area (Å²) in [6, 6.07) is 8.42. The molecule has 1 aromatic carbocycles. The van der Waals surface area contributed by atoms with Crippen LogP contribution < -0.4 is 11.1 Å². The van der Waals surface area contributed by atoms with Gasteiger partial charge in [0, 0.05) is 11.2 Å². The predicted octanol–water partition coefficient (Wildman–Crippen LogP) is 3.85. The van der Waals surface area contributed by atoms with Crippen LogP contribution in [0.4, 0.5) is 5.69 Å². The van der Waals surface area contributed by atoms with Gasteiger partial charge in [-0.2, -0.15) is 0 Å². The summed E-state index contributed by atoms with van der Waals surface area (Å²) in [5, 5.41) is 3.14. The van der Waals surface area contributed by atoms with Crippen molar-refractivity contribution in [1.82, 2.24) is 0 Å². The number of benzene rings is 1. The zero-order chi connectivity index (χ0) is 14.0. The van der Waals surface area contributed by atoms with Gasteiger partial charge in [-0.05, 0) is 50.3 Å². The van der Waals surface area contributed by atoms with Gasteiger partial charge in [0.1, 0.15) is 0 Å². The zero-order valence-corrected chi connectivity index (χ0v) is 12.8. The zero-order valence-electron chi connectivity index (χ0n) is 12.0. The molecular formula is C15H24N2S. The highest BCUT2D eigenvalue weighted by atomic mass is 32.1. The Morgan fingerprint density at radius 1 is 1.17 bits per heavy atom. The smallest absolute Gasteiger partial charge is 0.0765 e. The van der Waals surface area contributed by atoms with Crippen molar-refractivity contribution in [3.8, 4) is 0 Å². The van der Waals surface area contributed by atoms with Crippen LogP contribution in [0.25, 0.3) is 0 Å². The molecular weight excluding hydrogens is 240 g/mol. The lowest BCUT2D eigenvalue weighted by Crippen LogP contribution is -2.39. The van der Waals surface area contributed by atoms with E-state index < -0.39 is 0 Å². The summed E-state index contributed by atoms with van der Waals surface area (Å²) in [5.74, 6) is 0. The maximum Gasteiger partial charge on any atom is 0.0765 e. The van der Waals surface area contributed by atoms with Crippen LogP contribution in [0.5, 0.6) is 0 Å². The van der Waals surface area contributed by atoms with Gasteiger partial charge >= 0.3 is 0 Å². The minimum Gasteiger partial charge on any atom is -0.350 e. The fourth-order valence-corrected chi connectivity index (χ4v) is 2.57. The Hall–Kier alpha value is -0.930. The molecule has 0 spiro atoms. The van der Waals surface area contributed by atoms with E-state index in [0.29, 0.717) is 0 Å². The van der Waals surface area contributed by atoms with E-state index in [-0.39, 0.29) is 11.0 Å². The SMILES string of the molecule is CC(=S)Nc1ccc(C(C)(C)CC(C)(C)N)cc1. The van der Waals surface area contributed by atoms with Crippen molar-refractivity contribution < 1.29 is 0 Å². The molecule has 0 radical (unpaired) electrons. The average Bonchev–Trinajstić information content (AvgIpc) is 2.13. The highest BCUT2D eigenvalue weighted by Gasteiger charge is 2.27. The van der Waals surface area contributed by atoms with E-state index in [4.69, 9.17) is 18.0 Å². The first-order valence-electron chi connectivity index (χ1n) is 6.27. The number of anilines is 1. The quantitative estimate of drug-likeness (QED) is 0.811. The average molecular weight is 264 g/mol. The minimum atomic E-state index is -0.161. The van der Waals surface area contributed by atoms with Crippen molar-refractivity contribution in [3.63, 3.8) is 0 Å². The summed E-state index contributed by atoms with van der Waals surface area (Å²) in [6.07, 6.45) is 0.943. The van der Waals surface area contributed by atoms with Crippen LogP contribution in [-0.2, 0) is 5.41 Å². The Balaban J connectivity index is 2.87. The number of hydrogen-bond acceptors (Lipinski definition) is 2. The normalized spacial score (nSPS) is 12.3. The van der Waals surface area contributed by atoms with Gasteiger partial charge in [-0.1, -0.05) is 38.2 Å². The number of nitrogens with one attached hydrogen (secondary N) is 1. The minimum absolute atomic E-state index is 0.0729. The monoisotopic (exact) mass is 264 g/mol. The Bertz CT molecular complexity index is 413. The van der Waals surface area contributed by atoms with E-state index >= 15 is 0 Å². The maximum atomic E-state index is 6.13. The molecule has 0 aromatic heterocycles. The Labute approximate surface area is 116 Å². The van der Waals surface area contributed by atoms with Crippen molar-refractivity contribution in [2.45, 2.75) is 52.0 Å². The molecule has 3 N–H and O–H groups in total. The molecule has 1 rings (SSSR count). The molecule has 0 saturated heterocycles. The lowest BCUT2D eigenvalue weighted by molar-refractivity contribution is 0.350. The second-order valence-electron chi connectivity index (χ2n) is 6.31. The van der Waals surface area contributed by atoms with Gasteiger partial charge < -0.3 is 11.1 Å². The van der Waals surface area contributed by atoms with Gasteiger partial charge in [0.25, 0.3) is 0 Å². The maximum absolute atomic E-state index is 6.13. The molecule has 0 bridgehead atoms. The summed E-state index contributed by atoms with van der Waals surface area (Å²) in [5.41, 5.74) is 8.37. The standard InChI is InChI=1S/C15H24N2S/c1-11(18)17-13-8-6-12(7-9-13)14(2,3)10-15(4,5)16/h6-9H,10,16H2,1-5H3,(H,17,18). The summed E-state index contributed by atoms with van der Waals surface area (Å²) in [7, 11) is 0. The first kappa shape index (κ1) is 15.1. The Morgan fingerprint density at radius 3 is 2.06 bits per heavy atom. The molecule has 0 heterocycles. The van der Waals surface area contributed by atoms with Crippen LogP contribution in [0, 0.1) is 0 Å². The number of thiocarbonyl (C=S) groups is 1. The van der Waals surface area contributed by atoms with E-state index in [1.165, 1.54) is 5.56 Å². The molecule has 0 aliphatic rings. The highest BCUT2D eigenvalue weighted by molar-refractivity contribution is 7.80. The molecule has 0 fully saturated rings. The van der Waals surface area contributed by atoms with Crippen LogP contribution in [0.15, 0.2) is 24.3 Å². The summed E-state index contributed by atoms with van der Waals surface area (Å²) < 4.78 is 0. The number of rotatable bonds is 4. The number of nitrogens with two attached hydrogens (primary N) is 1. The second-order valence-corrected chi connectivity index (χ2v) is 6.92. The molecule has 0 amide bonds. The third-order valence-corrected chi connectivity index (χ3v) is 2.99. The second kappa shape index (κ2) is 5.37. The van der Waals surface area contributed by atoms with Crippen molar-refractivity contribution >= 4 is 22.9 Å². The van der Waals surface area contributed by atoms with E-state index in [9.17, 15) is 0 Å². The van der Waals surface area contributed by atoms with Crippen LogP contribution >= 0.6 is 12.2 Å². The van der Waals surface area contributed by atoms with E-state index in [2.05, 4.69) is 57.3 Å². The molecule has 2 nitrogen and oxygen atoms in total. The van der Waals surface area contributed by atoms with Gasteiger partial charge in [-0.25, -0.2) is 0 Å². The highest BCUT2D eigenvalue weighted by Crippen LogP contribution is 2.31. The van der Waals surface area contributed by atoms with Crippen molar-refractivity contribution in [2.75, 3.05) is 5.32 Å². The first-order valence-corrected chi connectivity index (χ1v) is 6.68. The van der Waals surface area contributed by atoms with E-state index in [0.717, 1.165) is 17.1 Å². The summed E-state index contributed by atoms with van der Waals surface area (Å²) >= 11 is 5.03. The lowest BCUT2D eigenvalue weighted by atomic mass is 9.75. The first-order chi connectivity index (χ1) is 8.10. The molecule has 100 valence electrons. The third-order valence-electron chi connectivity index (χ3n) is 2.88. The molecule has 0 unspecified atom stereocenters. The van der Waals surface area contributed by atoms with E-state index in [1.54, 1.807) is 0 Å². The largest absolute Gasteiger partial charge is 0.350 e. The molecule has 1 aromatic rings. The fraction of sp³-hybridized carbons (Fsp3) is 0.533. The molecule has 3 heteroatoms. The summed E-state index contributed by atoms with van der Waals surface area (Å²) in [4.78, 5) is 0.783. The van der Waals surface area contributed by atoms with Gasteiger partial charge in [0.2, 0.25) is 0 Å². The Morgan fingerprint density at radius 2 is 1.67 bits per heavy atom. The van der Waals surface area contributed by atoms with Crippen molar-refractivity contribution in [2.24, 2.45) is 5.73 Å². The Kier molecular flexibility index (Phi) is 4.51. The van der Waals surface area contributed by atoms with Gasteiger partial charge in [-0.3, -0.25) is 0 Å². The predicted molar refractivity (Wildman–Crippen MR) is 84.2 cm³/mol.